The third-order valence-electron chi connectivity index (χ3n) is 6.90. The van der Waals surface area contributed by atoms with Crippen LogP contribution in [0.4, 0.5) is 5.69 Å². The van der Waals surface area contributed by atoms with Gasteiger partial charge in [0.25, 0.3) is 5.91 Å². The molecule has 5 nitrogen and oxygen atoms in total. The van der Waals surface area contributed by atoms with Crippen molar-refractivity contribution in [2.45, 2.75) is 47.1 Å². The molecule has 178 valence electrons. The molecule has 4 aromatic rings. The Morgan fingerprint density at radius 1 is 0.886 bits per heavy atom. The lowest BCUT2D eigenvalue weighted by Gasteiger charge is -2.26. The Bertz CT molecular complexity index is 1530. The van der Waals surface area contributed by atoms with Crippen molar-refractivity contribution in [3.8, 4) is 5.75 Å². The van der Waals surface area contributed by atoms with E-state index in [2.05, 4.69) is 6.92 Å². The number of carbonyl (C=O) groups excluding carboxylic acids is 1. The van der Waals surface area contributed by atoms with E-state index >= 15 is 0 Å². The molecule has 0 radical (unpaired) electrons. The molecule has 35 heavy (non-hydrogen) atoms. The lowest BCUT2D eigenvalue weighted by molar-refractivity contribution is 0.0971. The molecule has 0 saturated heterocycles. The zero-order valence-electron chi connectivity index (χ0n) is 20.8. The first-order valence-electron chi connectivity index (χ1n) is 12.0. The van der Waals surface area contributed by atoms with Crippen LogP contribution in [0.15, 0.2) is 63.8 Å². The molecular formula is C30H29NO4. The monoisotopic (exact) mass is 467 g/mol. The van der Waals surface area contributed by atoms with Crippen molar-refractivity contribution in [2.75, 3.05) is 11.5 Å². The van der Waals surface area contributed by atoms with Crippen LogP contribution in [0.2, 0.25) is 0 Å². The van der Waals surface area contributed by atoms with Gasteiger partial charge in [-0.3, -0.25) is 14.5 Å². The average molecular weight is 468 g/mol. The molecule has 0 spiro atoms. The maximum absolute atomic E-state index is 13.9. The molecule has 0 saturated carbocycles. The smallest absolute Gasteiger partial charge is 0.295 e. The Kier molecular flexibility index (Phi) is 5.72. The van der Waals surface area contributed by atoms with Crippen LogP contribution in [0.1, 0.15) is 63.3 Å². The highest BCUT2D eigenvalue weighted by atomic mass is 16.5. The minimum Gasteiger partial charge on any atom is -0.494 e. The molecule has 5 rings (SSSR count). The van der Waals surface area contributed by atoms with Crippen LogP contribution >= 0.6 is 0 Å². The first kappa shape index (κ1) is 22.9. The van der Waals surface area contributed by atoms with Gasteiger partial charge in [-0.25, -0.2) is 0 Å². The normalized spacial score (nSPS) is 15.1. The molecule has 1 aliphatic rings. The maximum Gasteiger partial charge on any atom is 0.295 e. The molecule has 5 heteroatoms. The van der Waals surface area contributed by atoms with Gasteiger partial charge in [-0.05, 0) is 98.3 Å². The summed E-state index contributed by atoms with van der Waals surface area (Å²) in [4.78, 5) is 29.4. The number of nitrogens with zero attached hydrogens (tertiary/aromatic N) is 1. The second kappa shape index (κ2) is 8.73. The van der Waals surface area contributed by atoms with Crippen molar-refractivity contribution in [1.82, 2.24) is 0 Å². The van der Waals surface area contributed by atoms with E-state index < -0.39 is 6.04 Å². The molecule has 1 amide bonds. The van der Waals surface area contributed by atoms with Crippen molar-refractivity contribution in [3.63, 3.8) is 0 Å². The SMILES string of the molecule is CCCOc1cccc(C2c3c(oc4cc(C)c(C)cc4c3=O)C(=O)N2c2ccc(C)c(C)c2)c1. The van der Waals surface area contributed by atoms with Crippen LogP contribution in [-0.2, 0) is 0 Å². The van der Waals surface area contributed by atoms with Crippen molar-refractivity contribution >= 4 is 22.6 Å². The zero-order chi connectivity index (χ0) is 24.9. The first-order valence-corrected chi connectivity index (χ1v) is 12.0. The largest absolute Gasteiger partial charge is 0.494 e. The van der Waals surface area contributed by atoms with E-state index in [1.165, 1.54) is 0 Å². The van der Waals surface area contributed by atoms with Gasteiger partial charge in [-0.1, -0.05) is 25.1 Å². The summed E-state index contributed by atoms with van der Waals surface area (Å²) < 4.78 is 12.0. The van der Waals surface area contributed by atoms with Gasteiger partial charge < -0.3 is 9.15 Å². The molecule has 0 N–H and O–H groups in total. The summed E-state index contributed by atoms with van der Waals surface area (Å²) in [6.07, 6.45) is 0.887. The van der Waals surface area contributed by atoms with Crippen LogP contribution < -0.4 is 15.1 Å². The van der Waals surface area contributed by atoms with Crippen LogP contribution in [0, 0.1) is 27.7 Å². The summed E-state index contributed by atoms with van der Waals surface area (Å²) in [5, 5.41) is 0.491. The second-order valence-electron chi connectivity index (χ2n) is 9.37. The number of carbonyl (C=O) groups is 1. The second-order valence-corrected chi connectivity index (χ2v) is 9.37. The molecule has 1 atom stereocenters. The van der Waals surface area contributed by atoms with Crippen molar-refractivity contribution in [2.24, 2.45) is 0 Å². The lowest BCUT2D eigenvalue weighted by atomic mass is 9.97. The van der Waals surface area contributed by atoms with E-state index in [1.807, 2.05) is 82.3 Å². The van der Waals surface area contributed by atoms with Crippen LogP contribution in [0.25, 0.3) is 11.0 Å². The summed E-state index contributed by atoms with van der Waals surface area (Å²) in [7, 11) is 0. The number of aryl methyl sites for hydroxylation is 4. The molecule has 0 fully saturated rings. The van der Waals surface area contributed by atoms with Crippen LogP contribution in [0.3, 0.4) is 0 Å². The molecule has 1 unspecified atom stereocenters. The predicted molar refractivity (Wildman–Crippen MR) is 139 cm³/mol. The van der Waals surface area contributed by atoms with Crippen LogP contribution in [-0.4, -0.2) is 12.5 Å². The Morgan fingerprint density at radius 3 is 2.37 bits per heavy atom. The summed E-state index contributed by atoms with van der Waals surface area (Å²) >= 11 is 0. The third-order valence-corrected chi connectivity index (χ3v) is 6.90. The van der Waals surface area contributed by atoms with E-state index in [4.69, 9.17) is 9.15 Å². The predicted octanol–water partition coefficient (Wildman–Crippen LogP) is 6.57. The maximum atomic E-state index is 13.9. The number of ether oxygens (including phenoxy) is 1. The lowest BCUT2D eigenvalue weighted by Crippen LogP contribution is -2.29. The molecule has 1 aliphatic heterocycles. The summed E-state index contributed by atoms with van der Waals surface area (Å²) in [6.45, 7) is 10.6. The van der Waals surface area contributed by atoms with Gasteiger partial charge in [0.1, 0.15) is 11.3 Å². The van der Waals surface area contributed by atoms with E-state index in [1.54, 1.807) is 4.90 Å². The van der Waals surface area contributed by atoms with Gasteiger partial charge in [0.15, 0.2) is 5.43 Å². The highest BCUT2D eigenvalue weighted by molar-refractivity contribution is 6.10. The fourth-order valence-electron chi connectivity index (χ4n) is 4.68. The van der Waals surface area contributed by atoms with E-state index in [-0.39, 0.29) is 17.1 Å². The third kappa shape index (κ3) is 3.81. The zero-order valence-corrected chi connectivity index (χ0v) is 20.8. The molecule has 1 aromatic heterocycles. The number of anilines is 1. The fourth-order valence-corrected chi connectivity index (χ4v) is 4.68. The van der Waals surface area contributed by atoms with Crippen LogP contribution in [0.5, 0.6) is 5.75 Å². The standard InChI is InChI=1S/C30H29NO4/c1-6-12-34-23-9-7-8-21(16-23)27-26-28(32)24-14-19(4)20(5)15-25(24)35-29(26)30(33)31(27)22-11-10-17(2)18(3)13-22/h7-11,13-16,27H,6,12H2,1-5H3. The Morgan fingerprint density at radius 2 is 1.63 bits per heavy atom. The van der Waals surface area contributed by atoms with E-state index in [0.717, 1.165) is 39.9 Å². The van der Waals surface area contributed by atoms with Gasteiger partial charge in [0.2, 0.25) is 5.76 Å². The Balaban J connectivity index is 1.78. The topological polar surface area (TPSA) is 59.8 Å². The van der Waals surface area contributed by atoms with Gasteiger partial charge in [0, 0.05) is 5.69 Å². The number of amides is 1. The first-order chi connectivity index (χ1) is 16.8. The number of hydrogen-bond acceptors (Lipinski definition) is 4. The van der Waals surface area contributed by atoms with Crippen molar-refractivity contribution < 1.29 is 13.9 Å². The molecule has 3 aromatic carbocycles. The van der Waals surface area contributed by atoms with Gasteiger partial charge >= 0.3 is 0 Å². The molecule has 2 heterocycles. The number of hydrogen-bond donors (Lipinski definition) is 0. The highest BCUT2D eigenvalue weighted by Gasteiger charge is 2.43. The Hall–Kier alpha value is -3.86. The minimum absolute atomic E-state index is 0.105. The number of fused-ring (bicyclic) bond motifs is 2. The summed E-state index contributed by atoms with van der Waals surface area (Å²) in [6, 6.07) is 16.6. The average Bonchev–Trinajstić information content (AvgIpc) is 3.13. The fraction of sp³-hybridized carbons (Fsp3) is 0.267. The van der Waals surface area contributed by atoms with Crippen molar-refractivity contribution in [3.05, 3.63) is 104 Å². The molecule has 0 aliphatic carbocycles. The quantitative estimate of drug-likeness (QED) is 0.333. The summed E-state index contributed by atoms with van der Waals surface area (Å²) in [5.74, 6) is 0.501. The van der Waals surface area contributed by atoms with Gasteiger partial charge in [0.05, 0.1) is 23.6 Å². The van der Waals surface area contributed by atoms with Gasteiger partial charge in [-0.15, -0.1) is 0 Å². The van der Waals surface area contributed by atoms with E-state index in [0.29, 0.717) is 28.9 Å². The Labute approximate surface area is 205 Å². The molecular weight excluding hydrogens is 438 g/mol. The van der Waals surface area contributed by atoms with E-state index in [9.17, 15) is 9.59 Å². The van der Waals surface area contributed by atoms with Gasteiger partial charge in [-0.2, -0.15) is 0 Å². The summed E-state index contributed by atoms with van der Waals surface area (Å²) in [5.41, 5.74) is 6.39. The van der Waals surface area contributed by atoms with Crippen molar-refractivity contribution in [1.29, 1.82) is 0 Å². The number of benzene rings is 3. The molecule has 0 bridgehead atoms. The highest BCUT2D eigenvalue weighted by Crippen LogP contribution is 2.42. The minimum atomic E-state index is -0.618. The number of rotatable bonds is 5.